The van der Waals surface area contributed by atoms with Gasteiger partial charge in [-0.2, -0.15) is 0 Å². The Morgan fingerprint density at radius 2 is 1.88 bits per heavy atom. The van der Waals surface area contributed by atoms with E-state index in [0.717, 1.165) is 6.42 Å². The summed E-state index contributed by atoms with van der Waals surface area (Å²) in [6, 6.07) is -0.507. The van der Waals surface area contributed by atoms with E-state index in [2.05, 4.69) is 5.32 Å². The third-order valence-electron chi connectivity index (χ3n) is 2.19. The molecule has 17 heavy (non-hydrogen) atoms. The summed E-state index contributed by atoms with van der Waals surface area (Å²) in [4.78, 5) is 24.7. The van der Waals surface area contributed by atoms with E-state index in [9.17, 15) is 9.59 Å². The first-order valence-corrected chi connectivity index (χ1v) is 5.99. The van der Waals surface area contributed by atoms with Gasteiger partial charge in [0.05, 0.1) is 12.6 Å². The highest BCUT2D eigenvalue weighted by Gasteiger charge is 2.21. The summed E-state index contributed by atoms with van der Waals surface area (Å²) in [5.41, 5.74) is 5.42. The molecule has 0 radical (unpaired) electrons. The predicted molar refractivity (Wildman–Crippen MR) is 68.4 cm³/mol. The molecule has 100 valence electrons. The maximum atomic E-state index is 11.8. The molecule has 0 aliphatic heterocycles. The third kappa shape index (κ3) is 6.94. The summed E-state index contributed by atoms with van der Waals surface area (Å²) in [6.45, 7) is 7.72. The van der Waals surface area contributed by atoms with Gasteiger partial charge in [0, 0.05) is 12.6 Å². The second-order valence-corrected chi connectivity index (χ2v) is 5.39. The molecule has 0 rings (SSSR count). The zero-order chi connectivity index (χ0) is 13.6. The summed E-state index contributed by atoms with van der Waals surface area (Å²) in [6.07, 6.45) is 1.50. The van der Waals surface area contributed by atoms with Crippen LogP contribution in [0.15, 0.2) is 0 Å². The molecule has 5 heteroatoms. The van der Waals surface area contributed by atoms with Gasteiger partial charge in [-0.1, -0.05) is 13.3 Å². The van der Waals surface area contributed by atoms with Crippen LogP contribution in [0.2, 0.25) is 0 Å². The molecule has 0 aliphatic rings. The highest BCUT2D eigenvalue weighted by molar-refractivity contribution is 5.87. The SMILES string of the molecule is CCCC(N)C(=O)N(C)CC(=O)NC(C)(C)C. The van der Waals surface area contributed by atoms with E-state index in [0.29, 0.717) is 6.42 Å². The highest BCUT2D eigenvalue weighted by atomic mass is 16.2. The molecule has 0 saturated heterocycles. The van der Waals surface area contributed by atoms with Crippen LogP contribution in [0, 0.1) is 0 Å². The average molecular weight is 243 g/mol. The minimum absolute atomic E-state index is 0.0491. The van der Waals surface area contributed by atoms with Crippen molar-refractivity contribution in [2.45, 2.75) is 52.1 Å². The average Bonchev–Trinajstić information content (AvgIpc) is 2.13. The highest BCUT2D eigenvalue weighted by Crippen LogP contribution is 2.00. The van der Waals surface area contributed by atoms with Crippen molar-refractivity contribution in [2.75, 3.05) is 13.6 Å². The van der Waals surface area contributed by atoms with Crippen molar-refractivity contribution < 1.29 is 9.59 Å². The molecule has 0 aromatic rings. The lowest BCUT2D eigenvalue weighted by atomic mass is 10.1. The molecule has 1 unspecified atom stereocenters. The number of carbonyl (C=O) groups is 2. The molecule has 0 aromatic carbocycles. The lowest BCUT2D eigenvalue weighted by Gasteiger charge is -2.24. The number of carbonyl (C=O) groups excluding carboxylic acids is 2. The maximum Gasteiger partial charge on any atom is 0.240 e. The normalized spacial score (nSPS) is 13.1. The Bertz CT molecular complexity index is 271. The first kappa shape index (κ1) is 15.9. The molecule has 0 saturated carbocycles. The predicted octanol–water partition coefficient (Wildman–Crippen LogP) is 0.487. The molecule has 0 aromatic heterocycles. The van der Waals surface area contributed by atoms with Crippen molar-refractivity contribution >= 4 is 11.8 Å². The first-order chi connectivity index (χ1) is 7.67. The van der Waals surface area contributed by atoms with Crippen LogP contribution < -0.4 is 11.1 Å². The maximum absolute atomic E-state index is 11.8. The van der Waals surface area contributed by atoms with E-state index in [1.165, 1.54) is 4.90 Å². The van der Waals surface area contributed by atoms with Crippen molar-refractivity contribution in [3.63, 3.8) is 0 Å². The standard InChI is InChI=1S/C12H25N3O2/c1-6-7-9(13)11(17)15(5)8-10(16)14-12(2,3)4/h9H,6-8,13H2,1-5H3,(H,14,16). The fourth-order valence-electron chi connectivity index (χ4n) is 1.47. The van der Waals surface area contributed by atoms with Gasteiger partial charge in [-0.3, -0.25) is 9.59 Å². The number of hydrogen-bond donors (Lipinski definition) is 2. The monoisotopic (exact) mass is 243 g/mol. The number of nitrogens with one attached hydrogen (secondary N) is 1. The van der Waals surface area contributed by atoms with Crippen molar-refractivity contribution in [1.29, 1.82) is 0 Å². The van der Waals surface area contributed by atoms with E-state index in [1.807, 2.05) is 27.7 Å². The zero-order valence-corrected chi connectivity index (χ0v) is 11.5. The van der Waals surface area contributed by atoms with Crippen molar-refractivity contribution in [2.24, 2.45) is 5.73 Å². The fourth-order valence-corrected chi connectivity index (χ4v) is 1.47. The van der Waals surface area contributed by atoms with Crippen LogP contribution >= 0.6 is 0 Å². The third-order valence-corrected chi connectivity index (χ3v) is 2.19. The quantitative estimate of drug-likeness (QED) is 0.737. The van der Waals surface area contributed by atoms with Gasteiger partial charge in [-0.15, -0.1) is 0 Å². The number of nitrogens with two attached hydrogens (primary N) is 1. The van der Waals surface area contributed by atoms with Crippen LogP contribution in [0.1, 0.15) is 40.5 Å². The number of hydrogen-bond acceptors (Lipinski definition) is 3. The van der Waals surface area contributed by atoms with Gasteiger partial charge in [-0.05, 0) is 27.2 Å². The second kappa shape index (κ2) is 6.59. The minimum Gasteiger partial charge on any atom is -0.350 e. The molecule has 0 aliphatic carbocycles. The second-order valence-electron chi connectivity index (χ2n) is 5.39. The van der Waals surface area contributed by atoms with Crippen molar-refractivity contribution in [3.8, 4) is 0 Å². The van der Waals surface area contributed by atoms with E-state index in [-0.39, 0.29) is 23.9 Å². The topological polar surface area (TPSA) is 75.4 Å². The van der Waals surface area contributed by atoms with Gasteiger partial charge in [0.15, 0.2) is 0 Å². The van der Waals surface area contributed by atoms with E-state index < -0.39 is 6.04 Å². The summed E-state index contributed by atoms with van der Waals surface area (Å²) < 4.78 is 0. The fraction of sp³-hybridized carbons (Fsp3) is 0.833. The van der Waals surface area contributed by atoms with Crippen molar-refractivity contribution in [3.05, 3.63) is 0 Å². The molecule has 0 heterocycles. The summed E-state index contributed by atoms with van der Waals surface area (Å²) >= 11 is 0. The Morgan fingerprint density at radius 3 is 2.29 bits per heavy atom. The van der Waals surface area contributed by atoms with E-state index >= 15 is 0 Å². The van der Waals surface area contributed by atoms with Gasteiger partial charge in [0.2, 0.25) is 11.8 Å². The largest absolute Gasteiger partial charge is 0.350 e. The lowest BCUT2D eigenvalue weighted by molar-refractivity contribution is -0.136. The van der Waals surface area contributed by atoms with Crippen LogP contribution in [0.5, 0.6) is 0 Å². The molecule has 0 fully saturated rings. The molecule has 0 bridgehead atoms. The Balaban J connectivity index is 4.21. The minimum atomic E-state index is -0.507. The molecule has 0 spiro atoms. The Hall–Kier alpha value is -1.10. The molecular formula is C12H25N3O2. The lowest BCUT2D eigenvalue weighted by Crippen LogP contribution is -2.49. The van der Waals surface area contributed by atoms with E-state index in [1.54, 1.807) is 7.05 Å². The number of amides is 2. The summed E-state index contributed by atoms with van der Waals surface area (Å²) in [7, 11) is 1.60. The van der Waals surface area contributed by atoms with Crippen LogP contribution in [0.4, 0.5) is 0 Å². The Labute approximate surface area is 104 Å². The van der Waals surface area contributed by atoms with E-state index in [4.69, 9.17) is 5.73 Å². The molecule has 3 N–H and O–H groups in total. The number of nitrogens with zero attached hydrogens (tertiary/aromatic N) is 1. The van der Waals surface area contributed by atoms with Gasteiger partial charge in [0.1, 0.15) is 0 Å². The molecular weight excluding hydrogens is 218 g/mol. The van der Waals surface area contributed by atoms with Crippen LogP contribution in [0.3, 0.4) is 0 Å². The molecule has 1 atom stereocenters. The summed E-state index contributed by atoms with van der Waals surface area (Å²) in [5.74, 6) is -0.354. The zero-order valence-electron chi connectivity index (χ0n) is 11.5. The van der Waals surface area contributed by atoms with Gasteiger partial charge in [0.25, 0.3) is 0 Å². The Morgan fingerprint density at radius 1 is 1.35 bits per heavy atom. The number of likely N-dealkylation sites (N-methyl/N-ethyl adjacent to an activating group) is 1. The van der Waals surface area contributed by atoms with Crippen LogP contribution in [-0.4, -0.2) is 41.9 Å². The summed E-state index contributed by atoms with van der Waals surface area (Å²) in [5, 5.41) is 2.80. The van der Waals surface area contributed by atoms with Crippen LogP contribution in [0.25, 0.3) is 0 Å². The number of rotatable bonds is 5. The Kier molecular flexibility index (Phi) is 6.16. The van der Waals surface area contributed by atoms with Gasteiger partial charge >= 0.3 is 0 Å². The smallest absolute Gasteiger partial charge is 0.240 e. The molecule has 2 amide bonds. The van der Waals surface area contributed by atoms with Gasteiger partial charge < -0.3 is 16.0 Å². The van der Waals surface area contributed by atoms with Crippen molar-refractivity contribution in [1.82, 2.24) is 10.2 Å². The first-order valence-electron chi connectivity index (χ1n) is 5.99. The van der Waals surface area contributed by atoms with Crippen LogP contribution in [-0.2, 0) is 9.59 Å². The molecule has 5 nitrogen and oxygen atoms in total. The van der Waals surface area contributed by atoms with Gasteiger partial charge in [-0.25, -0.2) is 0 Å².